The van der Waals surface area contributed by atoms with Gasteiger partial charge >= 0.3 is 12.2 Å². The van der Waals surface area contributed by atoms with Crippen LogP contribution in [0.15, 0.2) is 30.4 Å². The van der Waals surface area contributed by atoms with Crippen molar-refractivity contribution in [2.45, 2.75) is 51.4 Å². The number of fused-ring (bicyclic) bond motifs is 1. The molecule has 1 atom stereocenters. The highest BCUT2D eigenvalue weighted by atomic mass is 35.5. The summed E-state index contributed by atoms with van der Waals surface area (Å²) in [6.45, 7) is 11.1. The molecule has 0 spiro atoms. The molecule has 1 aromatic heterocycles. The summed E-state index contributed by atoms with van der Waals surface area (Å²) in [4.78, 5) is 20.9. The minimum absolute atomic E-state index is 0.0270. The number of allylic oxidation sites excluding steroid dienone is 1. The summed E-state index contributed by atoms with van der Waals surface area (Å²) >= 11 is 6.10. The van der Waals surface area contributed by atoms with Crippen molar-refractivity contribution in [2.24, 2.45) is 5.41 Å². The lowest BCUT2D eigenvalue weighted by molar-refractivity contribution is -0.137. The second-order valence-electron chi connectivity index (χ2n) is 13.5. The second kappa shape index (κ2) is 14.2. The SMILES string of the molecule is C/C=C/CN1CCN(c2nc(OCC3(CN4CCN(C)CC4)CC3)nc3c2CCN(c2cccc(Cl)c2C(F)(F)F)C3)CC1CC#N. The van der Waals surface area contributed by atoms with Crippen LogP contribution >= 0.6 is 11.6 Å². The van der Waals surface area contributed by atoms with Crippen molar-refractivity contribution >= 4 is 23.1 Å². The number of ether oxygens (including phenoxy) is 1. The maximum absolute atomic E-state index is 14.1. The molecule has 4 aliphatic rings. The third kappa shape index (κ3) is 7.80. The van der Waals surface area contributed by atoms with E-state index in [2.05, 4.69) is 38.8 Å². The van der Waals surface area contributed by atoms with Crippen LogP contribution < -0.4 is 14.5 Å². The largest absolute Gasteiger partial charge is 0.463 e. The van der Waals surface area contributed by atoms with E-state index < -0.39 is 11.7 Å². The average molecular weight is 673 g/mol. The fraction of sp³-hybridized carbons (Fsp3) is 0.618. The van der Waals surface area contributed by atoms with Gasteiger partial charge in [-0.3, -0.25) is 4.90 Å². The van der Waals surface area contributed by atoms with Gasteiger partial charge in [0.1, 0.15) is 5.82 Å². The zero-order valence-electron chi connectivity index (χ0n) is 27.3. The second-order valence-corrected chi connectivity index (χ2v) is 13.9. The van der Waals surface area contributed by atoms with Crippen LogP contribution in [0.2, 0.25) is 5.02 Å². The van der Waals surface area contributed by atoms with E-state index in [1.807, 2.05) is 13.0 Å². The number of benzene rings is 1. The maximum atomic E-state index is 14.1. The number of hydrogen-bond donors (Lipinski definition) is 0. The summed E-state index contributed by atoms with van der Waals surface area (Å²) in [6.07, 6.45) is 2.57. The van der Waals surface area contributed by atoms with Crippen LogP contribution in [0.5, 0.6) is 6.01 Å². The van der Waals surface area contributed by atoms with Gasteiger partial charge in [-0.05, 0) is 45.4 Å². The van der Waals surface area contributed by atoms with E-state index in [1.165, 1.54) is 12.1 Å². The number of rotatable bonds is 10. The monoisotopic (exact) mass is 672 g/mol. The molecule has 6 rings (SSSR count). The van der Waals surface area contributed by atoms with Gasteiger partial charge in [-0.2, -0.15) is 28.4 Å². The van der Waals surface area contributed by atoms with Gasteiger partial charge in [0.25, 0.3) is 0 Å². The lowest BCUT2D eigenvalue weighted by Crippen LogP contribution is -2.53. The van der Waals surface area contributed by atoms with Crippen LogP contribution in [0.4, 0.5) is 24.7 Å². The first-order chi connectivity index (χ1) is 22.6. The normalized spacial score (nSPS) is 22.4. The molecule has 2 saturated heterocycles. The number of nitriles is 1. The number of piperazine rings is 2. The first-order valence-electron chi connectivity index (χ1n) is 16.6. The quantitative estimate of drug-likeness (QED) is 0.321. The Labute approximate surface area is 280 Å². The molecular weight excluding hydrogens is 629 g/mol. The van der Waals surface area contributed by atoms with E-state index in [4.69, 9.17) is 26.3 Å². The molecule has 0 bridgehead atoms. The van der Waals surface area contributed by atoms with E-state index in [-0.39, 0.29) is 34.7 Å². The Morgan fingerprint density at radius 2 is 1.87 bits per heavy atom. The standard InChI is InChI=1S/C34H44ClF3N8O/c1-3-4-13-44-19-20-46(21-25(44)8-12-39)31-26-9-14-45(29-7-5-6-27(35)30(29)34(36,37)38)22-28(26)40-32(41-31)47-24-33(10-11-33)23-43-17-15-42(2)16-18-43/h3-7,25H,8-11,13-24H2,1-2H3/b4-3+. The Balaban J connectivity index is 1.28. The number of hydrogen-bond acceptors (Lipinski definition) is 9. The van der Waals surface area contributed by atoms with Crippen LogP contribution in [0, 0.1) is 16.7 Å². The van der Waals surface area contributed by atoms with Crippen LogP contribution in [0.25, 0.3) is 0 Å². The molecule has 0 amide bonds. The molecule has 254 valence electrons. The minimum Gasteiger partial charge on any atom is -0.463 e. The minimum atomic E-state index is -4.59. The van der Waals surface area contributed by atoms with Gasteiger partial charge in [-0.1, -0.05) is 29.8 Å². The van der Waals surface area contributed by atoms with Gasteiger partial charge in [0, 0.05) is 82.5 Å². The molecule has 2 aromatic rings. The van der Waals surface area contributed by atoms with Gasteiger partial charge in [0.05, 0.1) is 47.6 Å². The summed E-state index contributed by atoms with van der Waals surface area (Å²) in [7, 11) is 2.15. The Bertz CT molecular complexity index is 1480. The third-order valence-corrected chi connectivity index (χ3v) is 10.4. The number of anilines is 2. The Hall–Kier alpha value is -3.11. The van der Waals surface area contributed by atoms with Crippen molar-refractivity contribution in [1.82, 2.24) is 24.7 Å². The fourth-order valence-electron chi connectivity index (χ4n) is 7.07. The molecule has 1 saturated carbocycles. The lowest BCUT2D eigenvalue weighted by atomic mass is 10.0. The first-order valence-corrected chi connectivity index (χ1v) is 17.0. The molecule has 0 N–H and O–H groups in total. The summed E-state index contributed by atoms with van der Waals surface area (Å²) in [6, 6.07) is 6.95. The summed E-state index contributed by atoms with van der Waals surface area (Å²) in [5.41, 5.74) is 0.892. The molecule has 47 heavy (non-hydrogen) atoms. The summed E-state index contributed by atoms with van der Waals surface area (Å²) < 4.78 is 48.8. The van der Waals surface area contributed by atoms with Gasteiger partial charge < -0.3 is 24.3 Å². The van der Waals surface area contributed by atoms with Crippen LogP contribution in [-0.4, -0.2) is 110 Å². The van der Waals surface area contributed by atoms with Crippen LogP contribution in [0.3, 0.4) is 0 Å². The summed E-state index contributed by atoms with van der Waals surface area (Å²) in [5, 5.41) is 9.30. The molecule has 3 fully saturated rings. The number of alkyl halides is 3. The number of nitrogens with zero attached hydrogens (tertiary/aromatic N) is 8. The van der Waals surface area contributed by atoms with Crippen molar-refractivity contribution in [3.05, 3.63) is 52.2 Å². The zero-order chi connectivity index (χ0) is 33.2. The molecular formula is C34H44ClF3N8O. The van der Waals surface area contributed by atoms with E-state index >= 15 is 0 Å². The Kier molecular flexibility index (Phi) is 10.2. The highest BCUT2D eigenvalue weighted by molar-refractivity contribution is 6.31. The van der Waals surface area contributed by atoms with Crippen molar-refractivity contribution in [3.8, 4) is 12.1 Å². The van der Waals surface area contributed by atoms with Gasteiger partial charge in [0.2, 0.25) is 0 Å². The number of halogens is 4. The lowest BCUT2D eigenvalue weighted by Gasteiger charge is -2.42. The zero-order valence-corrected chi connectivity index (χ0v) is 28.0. The van der Waals surface area contributed by atoms with E-state index in [1.54, 1.807) is 11.0 Å². The van der Waals surface area contributed by atoms with Crippen molar-refractivity contribution in [2.75, 3.05) is 88.9 Å². The van der Waals surface area contributed by atoms with Crippen molar-refractivity contribution in [1.29, 1.82) is 5.26 Å². The van der Waals surface area contributed by atoms with Crippen LogP contribution in [0.1, 0.15) is 43.0 Å². The third-order valence-electron chi connectivity index (χ3n) is 10.1. The molecule has 9 nitrogen and oxygen atoms in total. The fourth-order valence-corrected chi connectivity index (χ4v) is 7.34. The number of likely N-dealkylation sites (N-methyl/N-ethyl adjacent to an activating group) is 1. The topological polar surface area (TPSA) is 75.0 Å². The predicted molar refractivity (Wildman–Crippen MR) is 177 cm³/mol. The maximum Gasteiger partial charge on any atom is 0.419 e. The molecule has 4 heterocycles. The van der Waals surface area contributed by atoms with E-state index in [0.29, 0.717) is 44.8 Å². The Morgan fingerprint density at radius 3 is 2.57 bits per heavy atom. The number of aromatic nitrogens is 2. The highest BCUT2D eigenvalue weighted by Crippen LogP contribution is 2.47. The average Bonchev–Trinajstić information content (AvgIpc) is 3.82. The first kappa shape index (κ1) is 33.8. The molecule has 0 radical (unpaired) electrons. The van der Waals surface area contributed by atoms with E-state index in [9.17, 15) is 18.4 Å². The van der Waals surface area contributed by atoms with Crippen molar-refractivity contribution in [3.63, 3.8) is 0 Å². The summed E-state index contributed by atoms with van der Waals surface area (Å²) in [5.74, 6) is 0.768. The predicted octanol–water partition coefficient (Wildman–Crippen LogP) is 5.10. The van der Waals surface area contributed by atoms with Gasteiger partial charge in [-0.25, -0.2) is 0 Å². The molecule has 3 aliphatic heterocycles. The Morgan fingerprint density at radius 1 is 1.09 bits per heavy atom. The highest BCUT2D eigenvalue weighted by Gasteiger charge is 2.45. The molecule has 1 unspecified atom stereocenters. The van der Waals surface area contributed by atoms with Crippen LogP contribution in [-0.2, 0) is 19.1 Å². The molecule has 1 aromatic carbocycles. The van der Waals surface area contributed by atoms with Gasteiger partial charge in [-0.15, -0.1) is 0 Å². The van der Waals surface area contributed by atoms with E-state index in [0.717, 1.165) is 70.0 Å². The molecule has 1 aliphatic carbocycles. The van der Waals surface area contributed by atoms with Gasteiger partial charge in [0.15, 0.2) is 0 Å². The molecule has 13 heteroatoms. The smallest absolute Gasteiger partial charge is 0.419 e. The van der Waals surface area contributed by atoms with Crippen molar-refractivity contribution < 1.29 is 17.9 Å².